The van der Waals surface area contributed by atoms with Crippen molar-refractivity contribution in [2.24, 2.45) is 5.73 Å². The van der Waals surface area contributed by atoms with Gasteiger partial charge in [0.05, 0.1) is 19.4 Å². The molecule has 0 bridgehead atoms. The molecule has 1 rings (SSSR count). The van der Waals surface area contributed by atoms with E-state index >= 15 is 0 Å². The SMILES string of the molecule is NC(CO)C(=O)NCc1ccco1. The van der Waals surface area contributed by atoms with Crippen molar-refractivity contribution >= 4 is 5.91 Å². The summed E-state index contributed by atoms with van der Waals surface area (Å²) >= 11 is 0. The molecule has 0 aliphatic heterocycles. The molecule has 13 heavy (non-hydrogen) atoms. The Morgan fingerprint density at radius 3 is 3.08 bits per heavy atom. The molecule has 0 aliphatic carbocycles. The van der Waals surface area contributed by atoms with Gasteiger partial charge >= 0.3 is 0 Å². The van der Waals surface area contributed by atoms with Crippen LogP contribution >= 0.6 is 0 Å². The fourth-order valence-corrected chi connectivity index (χ4v) is 0.801. The number of nitrogens with two attached hydrogens (primary N) is 1. The van der Waals surface area contributed by atoms with E-state index in [4.69, 9.17) is 15.3 Å². The van der Waals surface area contributed by atoms with Gasteiger partial charge < -0.3 is 20.6 Å². The first-order valence-electron chi connectivity index (χ1n) is 3.90. The highest BCUT2D eigenvalue weighted by Crippen LogP contribution is 1.98. The van der Waals surface area contributed by atoms with Crippen molar-refractivity contribution in [2.45, 2.75) is 12.6 Å². The first-order valence-corrected chi connectivity index (χ1v) is 3.90. The van der Waals surface area contributed by atoms with Crippen LogP contribution in [-0.4, -0.2) is 23.7 Å². The third-order valence-corrected chi connectivity index (χ3v) is 1.55. The maximum absolute atomic E-state index is 11.0. The molecule has 0 aliphatic rings. The van der Waals surface area contributed by atoms with E-state index in [-0.39, 0.29) is 12.5 Å². The normalized spacial score (nSPS) is 12.5. The smallest absolute Gasteiger partial charge is 0.239 e. The zero-order valence-corrected chi connectivity index (χ0v) is 7.06. The van der Waals surface area contributed by atoms with Crippen LogP contribution in [0.2, 0.25) is 0 Å². The molecule has 0 spiro atoms. The average molecular weight is 184 g/mol. The third kappa shape index (κ3) is 2.89. The highest BCUT2D eigenvalue weighted by molar-refractivity contribution is 5.81. The minimum atomic E-state index is -0.866. The summed E-state index contributed by atoms with van der Waals surface area (Å²) in [5.74, 6) is 0.261. The molecule has 1 heterocycles. The number of hydrogen-bond donors (Lipinski definition) is 3. The Balaban J connectivity index is 2.31. The van der Waals surface area contributed by atoms with Crippen LogP contribution in [0.4, 0.5) is 0 Å². The van der Waals surface area contributed by atoms with Gasteiger partial charge in [0.2, 0.25) is 5.91 Å². The van der Waals surface area contributed by atoms with E-state index in [2.05, 4.69) is 5.32 Å². The molecule has 5 nitrogen and oxygen atoms in total. The summed E-state index contributed by atoms with van der Waals surface area (Å²) in [7, 11) is 0. The van der Waals surface area contributed by atoms with Crippen LogP contribution in [-0.2, 0) is 11.3 Å². The van der Waals surface area contributed by atoms with Crippen molar-refractivity contribution in [1.29, 1.82) is 0 Å². The van der Waals surface area contributed by atoms with Crippen LogP contribution in [0, 0.1) is 0 Å². The van der Waals surface area contributed by atoms with Crippen molar-refractivity contribution in [3.05, 3.63) is 24.2 Å². The number of rotatable bonds is 4. The fourth-order valence-electron chi connectivity index (χ4n) is 0.801. The Labute approximate surface area is 75.5 Å². The van der Waals surface area contributed by atoms with Crippen molar-refractivity contribution in [3.8, 4) is 0 Å². The summed E-state index contributed by atoms with van der Waals surface area (Å²) in [5, 5.41) is 11.1. The number of furan rings is 1. The van der Waals surface area contributed by atoms with Crippen molar-refractivity contribution in [3.63, 3.8) is 0 Å². The molecule has 0 fully saturated rings. The molecule has 0 saturated carbocycles. The van der Waals surface area contributed by atoms with E-state index < -0.39 is 6.04 Å². The van der Waals surface area contributed by atoms with Gasteiger partial charge in [-0.1, -0.05) is 0 Å². The molecule has 4 N–H and O–H groups in total. The largest absolute Gasteiger partial charge is 0.467 e. The lowest BCUT2D eigenvalue weighted by Crippen LogP contribution is -2.42. The van der Waals surface area contributed by atoms with Gasteiger partial charge in [-0.2, -0.15) is 0 Å². The molecular formula is C8H12N2O3. The zero-order chi connectivity index (χ0) is 9.68. The van der Waals surface area contributed by atoms with Gasteiger partial charge in [0.1, 0.15) is 11.8 Å². The summed E-state index contributed by atoms with van der Waals surface area (Å²) in [6, 6.07) is 2.60. The first kappa shape index (κ1) is 9.76. The Bertz CT molecular complexity index is 258. The number of carbonyl (C=O) groups is 1. The number of aliphatic hydroxyl groups excluding tert-OH is 1. The predicted octanol–water partition coefficient (Wildman–Crippen LogP) is -0.785. The van der Waals surface area contributed by atoms with Gasteiger partial charge in [0, 0.05) is 0 Å². The number of hydrogen-bond acceptors (Lipinski definition) is 4. The Morgan fingerprint density at radius 1 is 1.77 bits per heavy atom. The second kappa shape index (κ2) is 4.64. The van der Waals surface area contributed by atoms with Gasteiger partial charge in [0.15, 0.2) is 0 Å². The van der Waals surface area contributed by atoms with Crippen LogP contribution in [0.3, 0.4) is 0 Å². The standard InChI is InChI=1S/C8H12N2O3/c9-7(5-11)8(12)10-4-6-2-1-3-13-6/h1-3,7,11H,4-5,9H2,(H,10,12). The van der Waals surface area contributed by atoms with E-state index in [0.29, 0.717) is 12.3 Å². The molecular weight excluding hydrogens is 172 g/mol. The zero-order valence-electron chi connectivity index (χ0n) is 7.06. The maximum atomic E-state index is 11.0. The van der Waals surface area contributed by atoms with Crippen molar-refractivity contribution in [1.82, 2.24) is 5.32 Å². The molecule has 1 aromatic rings. The van der Waals surface area contributed by atoms with E-state index in [1.165, 1.54) is 6.26 Å². The molecule has 1 amide bonds. The number of carbonyl (C=O) groups excluding carboxylic acids is 1. The second-order valence-corrected chi connectivity index (χ2v) is 2.59. The minimum Gasteiger partial charge on any atom is -0.467 e. The maximum Gasteiger partial charge on any atom is 0.239 e. The second-order valence-electron chi connectivity index (χ2n) is 2.59. The molecule has 5 heteroatoms. The molecule has 0 saturated heterocycles. The summed E-state index contributed by atoms with van der Waals surface area (Å²) < 4.78 is 4.98. The fraction of sp³-hybridized carbons (Fsp3) is 0.375. The summed E-state index contributed by atoms with van der Waals surface area (Å²) in [6.07, 6.45) is 1.52. The van der Waals surface area contributed by atoms with Gasteiger partial charge in [-0.15, -0.1) is 0 Å². The summed E-state index contributed by atoms with van der Waals surface area (Å²) in [6.45, 7) is -0.0660. The lowest BCUT2D eigenvalue weighted by Gasteiger charge is -2.07. The van der Waals surface area contributed by atoms with Crippen molar-refractivity contribution in [2.75, 3.05) is 6.61 Å². The van der Waals surface area contributed by atoms with Crippen LogP contribution in [0.15, 0.2) is 22.8 Å². The average Bonchev–Trinajstić information content (AvgIpc) is 2.65. The molecule has 72 valence electrons. The van der Waals surface area contributed by atoms with Gasteiger partial charge in [-0.25, -0.2) is 0 Å². The van der Waals surface area contributed by atoms with E-state index in [9.17, 15) is 4.79 Å². The summed E-state index contributed by atoms with van der Waals surface area (Å²) in [4.78, 5) is 11.0. The van der Waals surface area contributed by atoms with Crippen LogP contribution < -0.4 is 11.1 Å². The highest BCUT2D eigenvalue weighted by atomic mass is 16.3. The number of nitrogens with one attached hydrogen (secondary N) is 1. The van der Waals surface area contributed by atoms with E-state index in [1.54, 1.807) is 12.1 Å². The Morgan fingerprint density at radius 2 is 2.54 bits per heavy atom. The molecule has 1 atom stereocenters. The van der Waals surface area contributed by atoms with Crippen LogP contribution in [0.5, 0.6) is 0 Å². The first-order chi connectivity index (χ1) is 6.24. The molecule has 0 radical (unpaired) electrons. The van der Waals surface area contributed by atoms with Crippen LogP contribution in [0.25, 0.3) is 0 Å². The third-order valence-electron chi connectivity index (χ3n) is 1.55. The van der Waals surface area contributed by atoms with Gasteiger partial charge in [-0.05, 0) is 12.1 Å². The Hall–Kier alpha value is -1.33. The predicted molar refractivity (Wildman–Crippen MR) is 45.6 cm³/mol. The van der Waals surface area contributed by atoms with E-state index in [0.717, 1.165) is 0 Å². The number of amides is 1. The van der Waals surface area contributed by atoms with E-state index in [1.807, 2.05) is 0 Å². The molecule has 0 aromatic carbocycles. The van der Waals surface area contributed by atoms with Crippen LogP contribution in [0.1, 0.15) is 5.76 Å². The number of aliphatic hydroxyl groups is 1. The minimum absolute atomic E-state index is 0.291. The lowest BCUT2D eigenvalue weighted by molar-refractivity contribution is -0.123. The highest BCUT2D eigenvalue weighted by Gasteiger charge is 2.11. The monoisotopic (exact) mass is 184 g/mol. The van der Waals surface area contributed by atoms with Crippen molar-refractivity contribution < 1.29 is 14.3 Å². The molecule has 1 aromatic heterocycles. The quantitative estimate of drug-likeness (QED) is 0.572. The topological polar surface area (TPSA) is 88.5 Å². The van der Waals surface area contributed by atoms with Gasteiger partial charge in [-0.3, -0.25) is 4.79 Å². The lowest BCUT2D eigenvalue weighted by atomic mass is 10.3. The van der Waals surface area contributed by atoms with Gasteiger partial charge in [0.25, 0.3) is 0 Å². The summed E-state index contributed by atoms with van der Waals surface area (Å²) in [5.41, 5.74) is 5.26. The molecule has 1 unspecified atom stereocenters. The Kier molecular flexibility index (Phi) is 3.48.